The molecule has 0 saturated carbocycles. The van der Waals surface area contributed by atoms with E-state index >= 15 is 0 Å². The summed E-state index contributed by atoms with van der Waals surface area (Å²) >= 11 is 0. The number of ether oxygens (including phenoxy) is 1. The zero-order valence-electron chi connectivity index (χ0n) is 9.90. The maximum atomic E-state index is 11.3. The van der Waals surface area contributed by atoms with E-state index in [1.165, 1.54) is 6.92 Å². The van der Waals surface area contributed by atoms with Crippen LogP contribution in [0.1, 0.15) is 26.2 Å². The Morgan fingerprint density at radius 3 is 2.59 bits per heavy atom. The van der Waals surface area contributed by atoms with Gasteiger partial charge in [-0.05, 0) is 19.3 Å². The number of rotatable bonds is 8. The number of nitrogens with one attached hydrogen (secondary N) is 1. The molecule has 0 aromatic rings. The van der Waals surface area contributed by atoms with Gasteiger partial charge in [0.1, 0.15) is 6.04 Å². The van der Waals surface area contributed by atoms with Gasteiger partial charge in [0, 0.05) is 6.92 Å². The maximum Gasteiger partial charge on any atom is 0.303 e. The van der Waals surface area contributed by atoms with Gasteiger partial charge in [-0.15, -0.1) is 6.58 Å². The lowest BCUT2D eigenvalue weighted by atomic mass is 10.1. The van der Waals surface area contributed by atoms with Crippen molar-refractivity contribution in [2.45, 2.75) is 32.2 Å². The highest BCUT2D eigenvalue weighted by atomic mass is 16.5. The van der Waals surface area contributed by atoms with Gasteiger partial charge in [-0.25, -0.2) is 0 Å². The summed E-state index contributed by atoms with van der Waals surface area (Å²) in [7, 11) is 0. The normalized spacial score (nSPS) is 11.4. The topological polar surface area (TPSA) is 98.5 Å². The summed E-state index contributed by atoms with van der Waals surface area (Å²) in [4.78, 5) is 32.8. The van der Waals surface area contributed by atoms with Crippen LogP contribution in [0.25, 0.3) is 0 Å². The summed E-state index contributed by atoms with van der Waals surface area (Å²) in [5.41, 5.74) is 5.14. The third kappa shape index (κ3) is 8.01. The minimum absolute atomic E-state index is 0.402. The number of amides is 2. The number of allylic oxidation sites excluding steroid dienone is 1. The molecule has 0 radical (unpaired) electrons. The fraction of sp³-hybridized carbons (Fsp3) is 0.545. The average molecular weight is 242 g/mol. The zero-order valence-corrected chi connectivity index (χ0v) is 9.90. The number of nitrogens with two attached hydrogens (primary N) is 1. The van der Waals surface area contributed by atoms with Crippen molar-refractivity contribution in [2.75, 3.05) is 6.61 Å². The molecule has 0 aromatic carbocycles. The quantitative estimate of drug-likeness (QED) is 0.352. The largest absolute Gasteiger partial charge is 0.456 e. The van der Waals surface area contributed by atoms with Crippen LogP contribution in [0.5, 0.6) is 0 Å². The van der Waals surface area contributed by atoms with Crippen molar-refractivity contribution in [2.24, 2.45) is 5.73 Å². The van der Waals surface area contributed by atoms with E-state index in [4.69, 9.17) is 5.73 Å². The highest BCUT2D eigenvalue weighted by Gasteiger charge is 2.17. The van der Waals surface area contributed by atoms with Crippen molar-refractivity contribution < 1.29 is 19.1 Å². The number of hydrogen-bond donors (Lipinski definition) is 2. The van der Waals surface area contributed by atoms with Crippen LogP contribution in [0.4, 0.5) is 0 Å². The van der Waals surface area contributed by atoms with Gasteiger partial charge in [0.15, 0.2) is 6.61 Å². The highest BCUT2D eigenvalue weighted by Crippen LogP contribution is 2.01. The number of carbonyl (C=O) groups is 3. The molecule has 0 aliphatic carbocycles. The van der Waals surface area contributed by atoms with Crippen LogP contribution in [-0.2, 0) is 19.1 Å². The Morgan fingerprint density at radius 2 is 2.12 bits per heavy atom. The molecule has 6 nitrogen and oxygen atoms in total. The monoisotopic (exact) mass is 242 g/mol. The first-order chi connectivity index (χ1) is 7.97. The molecule has 0 aliphatic rings. The van der Waals surface area contributed by atoms with Crippen molar-refractivity contribution in [3.8, 4) is 0 Å². The number of esters is 1. The molecule has 0 unspecified atom stereocenters. The first kappa shape index (κ1) is 15.2. The second-order valence-corrected chi connectivity index (χ2v) is 3.52. The Kier molecular flexibility index (Phi) is 7.41. The minimum atomic E-state index is -0.738. The predicted molar refractivity (Wildman–Crippen MR) is 61.8 cm³/mol. The fourth-order valence-electron chi connectivity index (χ4n) is 1.16. The molecule has 0 aromatic heterocycles. The molecule has 17 heavy (non-hydrogen) atoms. The molecule has 0 bridgehead atoms. The Balaban J connectivity index is 4.06. The summed E-state index contributed by atoms with van der Waals surface area (Å²) < 4.78 is 4.49. The third-order valence-electron chi connectivity index (χ3n) is 1.99. The summed E-state index contributed by atoms with van der Waals surface area (Å²) in [5, 5.41) is 2.41. The lowest BCUT2D eigenvalue weighted by Crippen LogP contribution is -2.45. The van der Waals surface area contributed by atoms with Gasteiger partial charge in [0.25, 0.3) is 5.91 Å². The van der Waals surface area contributed by atoms with Gasteiger partial charge in [-0.3, -0.25) is 14.4 Å². The number of hydrogen-bond acceptors (Lipinski definition) is 4. The van der Waals surface area contributed by atoms with Crippen LogP contribution in [0.3, 0.4) is 0 Å². The standard InChI is InChI=1S/C11H18N2O4/c1-3-4-5-6-9(11(12)16)13-10(15)7-17-8(2)14/h3,9H,1,4-7H2,2H3,(H2,12,16)(H,13,15)/t9-/m1/s1. The second kappa shape index (κ2) is 8.32. The Hall–Kier alpha value is -1.85. The molecule has 0 heterocycles. The van der Waals surface area contributed by atoms with Gasteiger partial charge in [-0.2, -0.15) is 0 Å². The van der Waals surface area contributed by atoms with Gasteiger partial charge in [-0.1, -0.05) is 6.08 Å². The number of primary amides is 1. The van der Waals surface area contributed by atoms with E-state index < -0.39 is 30.4 Å². The van der Waals surface area contributed by atoms with Crippen molar-refractivity contribution >= 4 is 17.8 Å². The van der Waals surface area contributed by atoms with E-state index in [0.717, 1.165) is 6.42 Å². The van der Waals surface area contributed by atoms with E-state index in [2.05, 4.69) is 16.6 Å². The number of carbonyl (C=O) groups excluding carboxylic acids is 3. The highest BCUT2D eigenvalue weighted by molar-refractivity contribution is 5.87. The van der Waals surface area contributed by atoms with Gasteiger partial charge < -0.3 is 15.8 Å². The molecule has 2 amide bonds. The molecule has 3 N–H and O–H groups in total. The first-order valence-electron chi connectivity index (χ1n) is 5.30. The average Bonchev–Trinajstić information content (AvgIpc) is 2.25. The molecule has 96 valence electrons. The molecule has 0 fully saturated rings. The molecular formula is C11H18N2O4. The summed E-state index contributed by atoms with van der Waals surface area (Å²) in [6.07, 6.45) is 3.60. The number of unbranched alkanes of at least 4 members (excludes halogenated alkanes) is 1. The van der Waals surface area contributed by atoms with E-state index in [1.54, 1.807) is 6.08 Å². The molecule has 0 aliphatic heterocycles. The van der Waals surface area contributed by atoms with E-state index in [-0.39, 0.29) is 0 Å². The summed E-state index contributed by atoms with van der Waals surface area (Å²) in [6, 6.07) is -0.738. The Labute approximate surface area is 100 Å². The minimum Gasteiger partial charge on any atom is -0.456 e. The van der Waals surface area contributed by atoms with Gasteiger partial charge in [0.2, 0.25) is 5.91 Å². The van der Waals surface area contributed by atoms with E-state index in [1.807, 2.05) is 0 Å². The van der Waals surface area contributed by atoms with Crippen LogP contribution in [0, 0.1) is 0 Å². The van der Waals surface area contributed by atoms with Crippen LogP contribution < -0.4 is 11.1 Å². The summed E-state index contributed by atoms with van der Waals surface area (Å²) in [5.74, 6) is -1.70. The van der Waals surface area contributed by atoms with Crippen LogP contribution in [0.2, 0.25) is 0 Å². The van der Waals surface area contributed by atoms with Crippen molar-refractivity contribution in [1.82, 2.24) is 5.32 Å². The third-order valence-corrected chi connectivity index (χ3v) is 1.99. The lowest BCUT2D eigenvalue weighted by Gasteiger charge is -2.14. The fourth-order valence-corrected chi connectivity index (χ4v) is 1.16. The second-order valence-electron chi connectivity index (χ2n) is 3.52. The zero-order chi connectivity index (χ0) is 13.3. The predicted octanol–water partition coefficient (Wildman–Crippen LogP) is -0.124. The molecule has 6 heteroatoms. The van der Waals surface area contributed by atoms with E-state index in [0.29, 0.717) is 12.8 Å². The maximum absolute atomic E-state index is 11.3. The SMILES string of the molecule is C=CCCC[C@@H](NC(=O)COC(C)=O)C(N)=O. The molecule has 0 spiro atoms. The van der Waals surface area contributed by atoms with Crippen molar-refractivity contribution in [3.63, 3.8) is 0 Å². The van der Waals surface area contributed by atoms with Crippen LogP contribution in [0.15, 0.2) is 12.7 Å². The van der Waals surface area contributed by atoms with Crippen LogP contribution >= 0.6 is 0 Å². The first-order valence-corrected chi connectivity index (χ1v) is 5.30. The molecule has 1 atom stereocenters. The smallest absolute Gasteiger partial charge is 0.303 e. The van der Waals surface area contributed by atoms with E-state index in [9.17, 15) is 14.4 Å². The lowest BCUT2D eigenvalue weighted by molar-refractivity contribution is -0.146. The van der Waals surface area contributed by atoms with Gasteiger partial charge >= 0.3 is 5.97 Å². The van der Waals surface area contributed by atoms with Crippen molar-refractivity contribution in [1.29, 1.82) is 0 Å². The Morgan fingerprint density at radius 1 is 1.47 bits per heavy atom. The molecular weight excluding hydrogens is 224 g/mol. The Bertz CT molecular complexity index is 302. The van der Waals surface area contributed by atoms with Crippen molar-refractivity contribution in [3.05, 3.63) is 12.7 Å². The molecule has 0 saturated heterocycles. The summed E-state index contributed by atoms with van der Waals surface area (Å²) in [6.45, 7) is 4.35. The van der Waals surface area contributed by atoms with Gasteiger partial charge in [0.05, 0.1) is 0 Å². The molecule has 0 rings (SSSR count). The van der Waals surface area contributed by atoms with Crippen LogP contribution in [-0.4, -0.2) is 30.4 Å².